The number of carbonyl (C=O) groups excluding carboxylic acids is 2. The summed E-state index contributed by atoms with van der Waals surface area (Å²) in [6.45, 7) is 4.58. The van der Waals surface area contributed by atoms with Crippen LogP contribution in [0.3, 0.4) is 0 Å². The fraction of sp³-hybridized carbons (Fsp3) is 0.467. The van der Waals surface area contributed by atoms with Crippen LogP contribution in [0.1, 0.15) is 32.3 Å². The molecule has 1 saturated heterocycles. The number of hydrogen-bond donors (Lipinski definition) is 1. The molecule has 0 spiro atoms. The molecule has 0 aliphatic carbocycles. The fourth-order valence-electron chi connectivity index (χ4n) is 2.29. The standard InChI is InChI=1S/C15H20N2O2/c1-3-9-17-14(18)10-13(15(17)19)16-12-7-5-11(4-2)6-8-12/h5-8,13,16H,3-4,9-10H2,1-2H3. The molecule has 0 aromatic heterocycles. The molecule has 0 bridgehead atoms. The molecule has 1 atom stereocenters. The van der Waals surface area contributed by atoms with E-state index in [9.17, 15) is 9.59 Å². The third-order valence-corrected chi connectivity index (χ3v) is 3.39. The Bertz CT molecular complexity index is 468. The van der Waals surface area contributed by atoms with Gasteiger partial charge in [0.25, 0.3) is 5.91 Å². The van der Waals surface area contributed by atoms with Crippen LogP contribution in [0.4, 0.5) is 5.69 Å². The summed E-state index contributed by atoms with van der Waals surface area (Å²) < 4.78 is 0. The highest BCUT2D eigenvalue weighted by atomic mass is 16.2. The molecule has 1 aromatic rings. The minimum absolute atomic E-state index is 0.0745. The molecule has 0 radical (unpaired) electrons. The van der Waals surface area contributed by atoms with Gasteiger partial charge in [-0.3, -0.25) is 14.5 Å². The first-order valence-corrected chi connectivity index (χ1v) is 6.85. The molecule has 2 amide bonds. The molecule has 1 N–H and O–H groups in total. The number of nitrogens with one attached hydrogen (secondary N) is 1. The third kappa shape index (κ3) is 2.95. The summed E-state index contributed by atoms with van der Waals surface area (Å²) in [6, 6.07) is 7.57. The summed E-state index contributed by atoms with van der Waals surface area (Å²) in [5.41, 5.74) is 2.15. The highest BCUT2D eigenvalue weighted by Crippen LogP contribution is 2.19. The first-order chi connectivity index (χ1) is 9.15. The van der Waals surface area contributed by atoms with Gasteiger partial charge in [0.05, 0.1) is 6.42 Å². The lowest BCUT2D eigenvalue weighted by Gasteiger charge is -2.15. The third-order valence-electron chi connectivity index (χ3n) is 3.39. The molecule has 1 unspecified atom stereocenters. The van der Waals surface area contributed by atoms with Crippen molar-refractivity contribution < 1.29 is 9.59 Å². The number of imide groups is 1. The van der Waals surface area contributed by atoms with E-state index in [1.54, 1.807) is 0 Å². The first-order valence-electron chi connectivity index (χ1n) is 6.85. The number of nitrogens with zero attached hydrogens (tertiary/aromatic N) is 1. The molecule has 1 fully saturated rings. The van der Waals surface area contributed by atoms with Crippen molar-refractivity contribution in [3.8, 4) is 0 Å². The van der Waals surface area contributed by atoms with Crippen LogP contribution in [0.2, 0.25) is 0 Å². The van der Waals surface area contributed by atoms with E-state index in [1.165, 1.54) is 10.5 Å². The zero-order valence-electron chi connectivity index (χ0n) is 11.5. The molecular formula is C15H20N2O2. The van der Waals surface area contributed by atoms with Crippen LogP contribution in [0, 0.1) is 0 Å². The monoisotopic (exact) mass is 260 g/mol. The Morgan fingerprint density at radius 3 is 2.47 bits per heavy atom. The summed E-state index contributed by atoms with van der Waals surface area (Å²) in [7, 11) is 0. The van der Waals surface area contributed by atoms with Gasteiger partial charge in [0, 0.05) is 12.2 Å². The number of carbonyl (C=O) groups is 2. The van der Waals surface area contributed by atoms with Crippen molar-refractivity contribution in [1.82, 2.24) is 4.90 Å². The molecule has 1 heterocycles. The smallest absolute Gasteiger partial charge is 0.252 e. The summed E-state index contributed by atoms with van der Waals surface area (Å²) in [5.74, 6) is -0.180. The Morgan fingerprint density at radius 1 is 1.21 bits per heavy atom. The van der Waals surface area contributed by atoms with E-state index in [4.69, 9.17) is 0 Å². The average molecular weight is 260 g/mol. The van der Waals surface area contributed by atoms with Crippen LogP contribution in [0.15, 0.2) is 24.3 Å². The number of benzene rings is 1. The summed E-state index contributed by atoms with van der Waals surface area (Å²) in [4.78, 5) is 25.2. The summed E-state index contributed by atoms with van der Waals surface area (Å²) in [6.07, 6.45) is 2.05. The van der Waals surface area contributed by atoms with E-state index >= 15 is 0 Å². The van der Waals surface area contributed by atoms with Gasteiger partial charge in [-0.15, -0.1) is 0 Å². The average Bonchev–Trinajstić information content (AvgIpc) is 2.68. The molecule has 1 aliphatic rings. The Labute approximate surface area is 113 Å². The Balaban J connectivity index is 2.03. The van der Waals surface area contributed by atoms with Crippen molar-refractivity contribution in [3.63, 3.8) is 0 Å². The van der Waals surface area contributed by atoms with Gasteiger partial charge in [0.15, 0.2) is 0 Å². The molecule has 4 heteroatoms. The van der Waals surface area contributed by atoms with Gasteiger partial charge >= 0.3 is 0 Å². The quantitative estimate of drug-likeness (QED) is 0.826. The molecule has 1 aliphatic heterocycles. The van der Waals surface area contributed by atoms with Crippen molar-refractivity contribution in [2.24, 2.45) is 0 Å². The van der Waals surface area contributed by atoms with Gasteiger partial charge < -0.3 is 5.32 Å². The van der Waals surface area contributed by atoms with Crippen LogP contribution in [0.25, 0.3) is 0 Å². The maximum Gasteiger partial charge on any atom is 0.252 e. The topological polar surface area (TPSA) is 49.4 Å². The van der Waals surface area contributed by atoms with E-state index < -0.39 is 6.04 Å². The number of amides is 2. The minimum atomic E-state index is -0.411. The number of anilines is 1. The van der Waals surface area contributed by atoms with Gasteiger partial charge in [0.2, 0.25) is 5.91 Å². The number of hydrogen-bond acceptors (Lipinski definition) is 3. The van der Waals surface area contributed by atoms with Crippen molar-refractivity contribution in [1.29, 1.82) is 0 Å². The summed E-state index contributed by atoms with van der Waals surface area (Å²) >= 11 is 0. The highest BCUT2D eigenvalue weighted by molar-refractivity contribution is 6.06. The van der Waals surface area contributed by atoms with E-state index in [0.717, 1.165) is 18.5 Å². The lowest BCUT2D eigenvalue weighted by Crippen LogP contribution is -2.35. The minimum Gasteiger partial charge on any atom is -0.373 e. The molecule has 102 valence electrons. The van der Waals surface area contributed by atoms with Crippen LogP contribution in [-0.2, 0) is 16.0 Å². The fourth-order valence-corrected chi connectivity index (χ4v) is 2.29. The van der Waals surface area contributed by atoms with Gasteiger partial charge in [-0.1, -0.05) is 26.0 Å². The van der Waals surface area contributed by atoms with E-state index in [1.807, 2.05) is 31.2 Å². The van der Waals surface area contributed by atoms with Gasteiger partial charge in [-0.2, -0.15) is 0 Å². The van der Waals surface area contributed by atoms with E-state index in [0.29, 0.717) is 6.54 Å². The largest absolute Gasteiger partial charge is 0.373 e. The van der Waals surface area contributed by atoms with Crippen molar-refractivity contribution in [2.75, 3.05) is 11.9 Å². The molecular weight excluding hydrogens is 240 g/mol. The predicted molar refractivity (Wildman–Crippen MR) is 74.9 cm³/mol. The van der Waals surface area contributed by atoms with Crippen LogP contribution in [0.5, 0.6) is 0 Å². The highest BCUT2D eigenvalue weighted by Gasteiger charge is 2.37. The maximum atomic E-state index is 12.1. The molecule has 4 nitrogen and oxygen atoms in total. The molecule has 1 aromatic carbocycles. The number of rotatable bonds is 5. The molecule has 0 saturated carbocycles. The van der Waals surface area contributed by atoms with Crippen LogP contribution >= 0.6 is 0 Å². The van der Waals surface area contributed by atoms with Crippen molar-refractivity contribution in [3.05, 3.63) is 29.8 Å². The summed E-state index contributed by atoms with van der Waals surface area (Å²) in [5, 5.41) is 3.15. The Hall–Kier alpha value is -1.84. The first kappa shape index (κ1) is 13.6. The van der Waals surface area contributed by atoms with Crippen molar-refractivity contribution in [2.45, 2.75) is 39.2 Å². The normalized spacial score (nSPS) is 19.1. The van der Waals surface area contributed by atoms with E-state index in [-0.39, 0.29) is 18.2 Å². The molecule has 2 rings (SSSR count). The van der Waals surface area contributed by atoms with Gasteiger partial charge in [-0.25, -0.2) is 0 Å². The lowest BCUT2D eigenvalue weighted by atomic mass is 10.1. The van der Waals surface area contributed by atoms with Gasteiger partial charge in [0.1, 0.15) is 6.04 Å². The number of likely N-dealkylation sites (tertiary alicyclic amines) is 1. The zero-order chi connectivity index (χ0) is 13.8. The second kappa shape index (κ2) is 5.87. The SMILES string of the molecule is CCCN1C(=O)CC(Nc2ccc(CC)cc2)C1=O. The van der Waals surface area contributed by atoms with Crippen LogP contribution in [-0.4, -0.2) is 29.3 Å². The predicted octanol–water partition coefficient (Wildman–Crippen LogP) is 2.20. The second-order valence-electron chi connectivity index (χ2n) is 4.84. The molecule has 19 heavy (non-hydrogen) atoms. The zero-order valence-corrected chi connectivity index (χ0v) is 11.5. The van der Waals surface area contributed by atoms with E-state index in [2.05, 4.69) is 12.2 Å². The Morgan fingerprint density at radius 2 is 1.89 bits per heavy atom. The second-order valence-corrected chi connectivity index (χ2v) is 4.84. The number of aryl methyl sites for hydroxylation is 1. The van der Waals surface area contributed by atoms with Crippen molar-refractivity contribution >= 4 is 17.5 Å². The lowest BCUT2D eigenvalue weighted by molar-refractivity contribution is -0.138. The Kier molecular flexibility index (Phi) is 4.20. The maximum absolute atomic E-state index is 12.1. The van der Waals surface area contributed by atoms with Crippen LogP contribution < -0.4 is 5.32 Å². The van der Waals surface area contributed by atoms with Gasteiger partial charge in [-0.05, 0) is 30.5 Å².